The van der Waals surface area contributed by atoms with E-state index in [9.17, 15) is 0 Å². The Kier molecular flexibility index (Phi) is 3.62. The van der Waals surface area contributed by atoms with Crippen LogP contribution in [0.5, 0.6) is 5.75 Å². The van der Waals surface area contributed by atoms with E-state index in [4.69, 9.17) is 10.00 Å². The van der Waals surface area contributed by atoms with Crippen molar-refractivity contribution >= 4 is 5.82 Å². The normalized spacial score (nSPS) is 9.79. The van der Waals surface area contributed by atoms with E-state index in [0.29, 0.717) is 5.82 Å². The molecule has 0 spiro atoms. The first-order chi connectivity index (χ1) is 9.17. The second kappa shape index (κ2) is 5.36. The fraction of sp³-hybridized carbons (Fsp3) is 0.214. The topological polar surface area (TPSA) is 70.8 Å². The lowest BCUT2D eigenvalue weighted by Gasteiger charge is -2.11. The third-order valence-electron chi connectivity index (χ3n) is 3.08. The highest BCUT2D eigenvalue weighted by molar-refractivity contribution is 5.67. The summed E-state index contributed by atoms with van der Waals surface area (Å²) in [6.45, 7) is 4.03. The largest absolute Gasteiger partial charge is 0.496 e. The van der Waals surface area contributed by atoms with Crippen LogP contribution in [0.3, 0.4) is 0 Å². The molecule has 0 aliphatic carbocycles. The molecular formula is C14H14N4O. The van der Waals surface area contributed by atoms with Gasteiger partial charge in [-0.2, -0.15) is 5.26 Å². The lowest BCUT2D eigenvalue weighted by Crippen LogP contribution is -1.97. The standard InChI is InChI=1S/C14H14N4O/c1-9-10(2)13(19-3)6-4-11(9)12-5-7-14(16-8-15)18-17-12/h4-7H,1-3H3,(H,16,18). The molecule has 0 saturated carbocycles. The summed E-state index contributed by atoms with van der Waals surface area (Å²) in [5, 5.41) is 19.0. The van der Waals surface area contributed by atoms with Crippen LogP contribution in [-0.4, -0.2) is 17.3 Å². The van der Waals surface area contributed by atoms with Crippen molar-refractivity contribution < 1.29 is 4.74 Å². The van der Waals surface area contributed by atoms with Crippen molar-refractivity contribution in [3.05, 3.63) is 35.4 Å². The van der Waals surface area contributed by atoms with Crippen molar-refractivity contribution in [3.63, 3.8) is 0 Å². The molecule has 0 aliphatic heterocycles. The minimum atomic E-state index is 0.439. The van der Waals surface area contributed by atoms with Gasteiger partial charge < -0.3 is 4.74 Å². The van der Waals surface area contributed by atoms with Gasteiger partial charge in [0.25, 0.3) is 0 Å². The smallest absolute Gasteiger partial charge is 0.182 e. The van der Waals surface area contributed by atoms with E-state index < -0.39 is 0 Å². The summed E-state index contributed by atoms with van der Waals surface area (Å²) in [6.07, 6.45) is 1.81. The monoisotopic (exact) mass is 254 g/mol. The number of ether oxygens (including phenoxy) is 1. The summed E-state index contributed by atoms with van der Waals surface area (Å²) in [5.74, 6) is 1.30. The Morgan fingerprint density at radius 3 is 2.47 bits per heavy atom. The first kappa shape index (κ1) is 12.8. The molecule has 1 heterocycles. The van der Waals surface area contributed by atoms with Crippen LogP contribution in [0.4, 0.5) is 5.82 Å². The van der Waals surface area contributed by atoms with Gasteiger partial charge in [-0.1, -0.05) is 0 Å². The van der Waals surface area contributed by atoms with Crippen molar-refractivity contribution in [2.24, 2.45) is 0 Å². The lowest BCUT2D eigenvalue weighted by molar-refractivity contribution is 0.411. The highest BCUT2D eigenvalue weighted by atomic mass is 16.5. The van der Waals surface area contributed by atoms with Crippen LogP contribution in [0.1, 0.15) is 11.1 Å². The minimum Gasteiger partial charge on any atom is -0.496 e. The van der Waals surface area contributed by atoms with Gasteiger partial charge in [-0.05, 0) is 49.2 Å². The zero-order chi connectivity index (χ0) is 13.8. The Balaban J connectivity index is 2.42. The van der Waals surface area contributed by atoms with Gasteiger partial charge in [0, 0.05) is 5.56 Å². The number of hydrogen-bond acceptors (Lipinski definition) is 5. The molecule has 0 unspecified atom stereocenters. The van der Waals surface area contributed by atoms with Gasteiger partial charge in [0.05, 0.1) is 12.8 Å². The van der Waals surface area contributed by atoms with E-state index in [1.165, 1.54) is 0 Å². The average molecular weight is 254 g/mol. The van der Waals surface area contributed by atoms with Gasteiger partial charge >= 0.3 is 0 Å². The number of nitrogens with zero attached hydrogens (tertiary/aromatic N) is 3. The molecule has 0 bridgehead atoms. The average Bonchev–Trinajstić information content (AvgIpc) is 2.43. The lowest BCUT2D eigenvalue weighted by atomic mass is 10.00. The van der Waals surface area contributed by atoms with Gasteiger partial charge in [-0.3, -0.25) is 5.32 Å². The molecule has 96 valence electrons. The van der Waals surface area contributed by atoms with Crippen LogP contribution in [0, 0.1) is 25.3 Å². The van der Waals surface area contributed by atoms with Crippen LogP contribution in [0.15, 0.2) is 24.3 Å². The van der Waals surface area contributed by atoms with Crippen molar-refractivity contribution in [3.8, 4) is 23.2 Å². The molecule has 1 N–H and O–H groups in total. The number of methoxy groups -OCH3 is 1. The highest BCUT2D eigenvalue weighted by Crippen LogP contribution is 2.29. The molecule has 0 saturated heterocycles. The predicted molar refractivity (Wildman–Crippen MR) is 72.7 cm³/mol. The molecule has 5 heteroatoms. The Morgan fingerprint density at radius 1 is 1.11 bits per heavy atom. The van der Waals surface area contributed by atoms with Gasteiger partial charge in [0.2, 0.25) is 0 Å². The Hall–Kier alpha value is -2.61. The molecule has 2 aromatic rings. The third-order valence-corrected chi connectivity index (χ3v) is 3.08. The summed E-state index contributed by atoms with van der Waals surface area (Å²) in [4.78, 5) is 0. The molecule has 1 aromatic heterocycles. The summed E-state index contributed by atoms with van der Waals surface area (Å²) in [7, 11) is 1.66. The van der Waals surface area contributed by atoms with E-state index in [0.717, 1.165) is 28.1 Å². The minimum absolute atomic E-state index is 0.439. The Labute approximate surface area is 111 Å². The zero-order valence-corrected chi connectivity index (χ0v) is 11.1. The second-order valence-electron chi connectivity index (χ2n) is 4.11. The fourth-order valence-electron chi connectivity index (χ4n) is 1.89. The molecule has 19 heavy (non-hydrogen) atoms. The number of aromatic nitrogens is 2. The number of benzene rings is 1. The van der Waals surface area contributed by atoms with Gasteiger partial charge in [-0.25, -0.2) is 0 Å². The van der Waals surface area contributed by atoms with Crippen LogP contribution in [0.2, 0.25) is 0 Å². The van der Waals surface area contributed by atoms with Crippen molar-refractivity contribution in [1.82, 2.24) is 10.2 Å². The van der Waals surface area contributed by atoms with Crippen LogP contribution in [0.25, 0.3) is 11.3 Å². The highest BCUT2D eigenvalue weighted by Gasteiger charge is 2.09. The van der Waals surface area contributed by atoms with E-state index in [2.05, 4.69) is 15.5 Å². The van der Waals surface area contributed by atoms with Crippen LogP contribution >= 0.6 is 0 Å². The van der Waals surface area contributed by atoms with E-state index in [-0.39, 0.29) is 0 Å². The first-order valence-electron chi connectivity index (χ1n) is 5.80. The summed E-state index contributed by atoms with van der Waals surface area (Å²) >= 11 is 0. The molecule has 5 nitrogen and oxygen atoms in total. The SMILES string of the molecule is COc1ccc(-c2ccc(NC#N)nn2)c(C)c1C. The molecule has 0 amide bonds. The van der Waals surface area contributed by atoms with E-state index >= 15 is 0 Å². The molecule has 1 aromatic carbocycles. The quantitative estimate of drug-likeness (QED) is 0.673. The predicted octanol–water partition coefficient (Wildman–Crippen LogP) is 2.66. The Morgan fingerprint density at radius 2 is 1.89 bits per heavy atom. The molecule has 0 fully saturated rings. The summed E-state index contributed by atoms with van der Waals surface area (Å²) < 4.78 is 5.29. The molecule has 0 atom stereocenters. The van der Waals surface area contributed by atoms with Crippen LogP contribution < -0.4 is 10.1 Å². The van der Waals surface area contributed by atoms with Gasteiger partial charge in [0.1, 0.15) is 5.75 Å². The summed E-state index contributed by atoms with van der Waals surface area (Å²) in [6, 6.07) is 7.44. The maximum atomic E-state index is 8.50. The number of anilines is 1. The van der Waals surface area contributed by atoms with E-state index in [1.807, 2.05) is 38.2 Å². The molecule has 0 aliphatic rings. The second-order valence-corrected chi connectivity index (χ2v) is 4.11. The van der Waals surface area contributed by atoms with Crippen molar-refractivity contribution in [2.45, 2.75) is 13.8 Å². The Bertz CT molecular complexity index is 629. The van der Waals surface area contributed by atoms with Crippen molar-refractivity contribution in [1.29, 1.82) is 5.26 Å². The van der Waals surface area contributed by atoms with Crippen LogP contribution in [-0.2, 0) is 0 Å². The third kappa shape index (κ3) is 2.47. The number of rotatable bonds is 3. The summed E-state index contributed by atoms with van der Waals surface area (Å²) in [5.41, 5.74) is 3.97. The number of nitrogens with one attached hydrogen (secondary N) is 1. The first-order valence-corrected chi connectivity index (χ1v) is 5.80. The van der Waals surface area contributed by atoms with Gasteiger partial charge in [-0.15, -0.1) is 10.2 Å². The number of hydrogen-bond donors (Lipinski definition) is 1. The number of nitriles is 1. The van der Waals surface area contributed by atoms with E-state index in [1.54, 1.807) is 13.2 Å². The maximum absolute atomic E-state index is 8.50. The zero-order valence-electron chi connectivity index (χ0n) is 11.1. The molecule has 2 rings (SSSR count). The molecular weight excluding hydrogens is 240 g/mol. The van der Waals surface area contributed by atoms with Gasteiger partial charge in [0.15, 0.2) is 12.0 Å². The van der Waals surface area contributed by atoms with Crippen molar-refractivity contribution in [2.75, 3.05) is 12.4 Å². The fourth-order valence-corrected chi connectivity index (χ4v) is 1.89. The molecule has 0 radical (unpaired) electrons. The maximum Gasteiger partial charge on any atom is 0.182 e.